The average molecular weight is 513 g/mol. The van der Waals surface area contributed by atoms with Gasteiger partial charge in [-0.1, -0.05) is 10.2 Å². The van der Waals surface area contributed by atoms with Crippen molar-refractivity contribution in [1.82, 2.24) is 0 Å². The zero-order chi connectivity index (χ0) is 26.9. The van der Waals surface area contributed by atoms with E-state index in [-0.39, 0.29) is 65.2 Å². The van der Waals surface area contributed by atoms with Gasteiger partial charge >= 0.3 is 17.9 Å². The van der Waals surface area contributed by atoms with Gasteiger partial charge in [0.25, 0.3) is 0 Å². The second-order valence-corrected chi connectivity index (χ2v) is 7.24. The van der Waals surface area contributed by atoms with Gasteiger partial charge in [0.1, 0.15) is 19.8 Å². The zero-order valence-corrected chi connectivity index (χ0v) is 20.3. The van der Waals surface area contributed by atoms with Crippen LogP contribution in [-0.4, -0.2) is 91.0 Å². The lowest BCUT2D eigenvalue weighted by Gasteiger charge is -2.29. The second-order valence-electron chi connectivity index (χ2n) is 7.24. The highest BCUT2D eigenvalue weighted by molar-refractivity contribution is 5.77. The van der Waals surface area contributed by atoms with Crippen molar-refractivity contribution in [2.24, 2.45) is 15.6 Å². The number of azide groups is 2. The van der Waals surface area contributed by atoms with Crippen LogP contribution < -0.4 is 0 Å². The number of esters is 3. The molecule has 0 saturated carbocycles. The van der Waals surface area contributed by atoms with Crippen LogP contribution in [0.15, 0.2) is 10.2 Å². The fourth-order valence-corrected chi connectivity index (χ4v) is 2.38. The van der Waals surface area contributed by atoms with Gasteiger partial charge in [-0.3, -0.25) is 14.4 Å². The summed E-state index contributed by atoms with van der Waals surface area (Å²) in [6, 6.07) is 0. The highest BCUT2D eigenvalue weighted by Crippen LogP contribution is 2.22. The number of terminal acetylenes is 1. The Labute approximate surface area is 208 Å². The highest BCUT2D eigenvalue weighted by Gasteiger charge is 2.33. The quantitative estimate of drug-likeness (QED) is 0.0395. The average Bonchev–Trinajstić information content (AvgIpc) is 2.88. The molecule has 0 bridgehead atoms. The third kappa shape index (κ3) is 17.9. The predicted molar refractivity (Wildman–Crippen MR) is 124 cm³/mol. The summed E-state index contributed by atoms with van der Waals surface area (Å²) < 4.78 is 30.6. The number of methoxy groups -OCH3 is 1. The lowest BCUT2D eigenvalue weighted by molar-refractivity contribution is -0.156. The number of hydrogen-bond donors (Lipinski definition) is 0. The standard InChI is InChI=1S/C21H32N6O9/c1-3-4-5-18(28)35-16-21(14-24-26-22,15-25-27-23)17-36-20(30)7-6-19(29)34-13-12-33-11-10-32-9-8-31-2/h1H,4-17H2,2H3. The van der Waals surface area contributed by atoms with Crippen molar-refractivity contribution in [3.63, 3.8) is 0 Å². The van der Waals surface area contributed by atoms with Crippen molar-refractivity contribution in [3.8, 4) is 12.3 Å². The largest absolute Gasteiger partial charge is 0.465 e. The molecule has 0 fully saturated rings. The highest BCUT2D eigenvalue weighted by atomic mass is 16.6. The molecule has 0 aromatic carbocycles. The molecule has 0 amide bonds. The fraction of sp³-hybridized carbons (Fsp3) is 0.762. The molecule has 0 aromatic rings. The van der Waals surface area contributed by atoms with Gasteiger partial charge in [0, 0.05) is 41.9 Å². The van der Waals surface area contributed by atoms with Crippen molar-refractivity contribution in [1.29, 1.82) is 0 Å². The van der Waals surface area contributed by atoms with Crippen LogP contribution in [0, 0.1) is 17.8 Å². The van der Waals surface area contributed by atoms with Crippen molar-refractivity contribution in [3.05, 3.63) is 20.9 Å². The summed E-state index contributed by atoms with van der Waals surface area (Å²) in [7, 11) is 1.57. The Morgan fingerprint density at radius 3 is 1.75 bits per heavy atom. The predicted octanol–water partition coefficient (Wildman–Crippen LogP) is 2.10. The summed E-state index contributed by atoms with van der Waals surface area (Å²) in [6.45, 7) is 0.556. The van der Waals surface area contributed by atoms with Crippen LogP contribution >= 0.6 is 0 Å². The Kier molecular flexibility index (Phi) is 19.8. The zero-order valence-electron chi connectivity index (χ0n) is 20.3. The van der Waals surface area contributed by atoms with E-state index in [1.54, 1.807) is 7.11 Å². The number of rotatable bonds is 22. The maximum atomic E-state index is 12.1. The molecule has 0 aliphatic rings. The van der Waals surface area contributed by atoms with Crippen molar-refractivity contribution in [2.75, 3.05) is 73.1 Å². The first-order chi connectivity index (χ1) is 17.4. The van der Waals surface area contributed by atoms with Gasteiger partial charge in [-0.05, 0) is 11.1 Å². The third-order valence-corrected chi connectivity index (χ3v) is 4.32. The number of ether oxygens (including phenoxy) is 6. The van der Waals surface area contributed by atoms with E-state index in [0.29, 0.717) is 26.4 Å². The molecule has 0 N–H and O–H groups in total. The van der Waals surface area contributed by atoms with E-state index in [9.17, 15) is 14.4 Å². The Bertz CT molecular complexity index is 784. The van der Waals surface area contributed by atoms with E-state index in [4.69, 9.17) is 45.9 Å². The van der Waals surface area contributed by atoms with Crippen LogP contribution in [0.25, 0.3) is 20.9 Å². The van der Waals surface area contributed by atoms with Crippen LogP contribution in [0.1, 0.15) is 25.7 Å². The molecule has 0 aromatic heterocycles. The van der Waals surface area contributed by atoms with Gasteiger partial charge < -0.3 is 28.4 Å². The molecule has 0 saturated heterocycles. The van der Waals surface area contributed by atoms with Crippen LogP contribution in [0.2, 0.25) is 0 Å². The molecule has 0 aliphatic carbocycles. The number of carbonyl (C=O) groups is 3. The van der Waals surface area contributed by atoms with Gasteiger partial charge in [-0.25, -0.2) is 0 Å². The number of carbonyl (C=O) groups excluding carboxylic acids is 3. The normalized spacial score (nSPS) is 11.7. The lowest BCUT2D eigenvalue weighted by Crippen LogP contribution is -2.40. The molecular formula is C21H32N6O9. The summed E-state index contributed by atoms with van der Waals surface area (Å²) in [5.74, 6) is 0.315. The molecule has 0 radical (unpaired) electrons. The summed E-state index contributed by atoms with van der Waals surface area (Å²) in [4.78, 5) is 41.0. The molecule has 0 unspecified atom stereocenters. The first kappa shape index (κ1) is 32.5. The number of nitrogens with zero attached hydrogens (tertiary/aromatic N) is 6. The fourth-order valence-electron chi connectivity index (χ4n) is 2.38. The summed E-state index contributed by atoms with van der Waals surface area (Å²) in [6.07, 6.45) is 4.72. The molecule has 0 spiro atoms. The molecule has 0 rings (SSSR count). The van der Waals surface area contributed by atoms with E-state index < -0.39 is 23.3 Å². The van der Waals surface area contributed by atoms with Gasteiger partial charge in [-0.15, -0.1) is 12.3 Å². The number of hydrogen-bond acceptors (Lipinski definition) is 11. The van der Waals surface area contributed by atoms with Crippen molar-refractivity contribution >= 4 is 17.9 Å². The lowest BCUT2D eigenvalue weighted by atomic mass is 9.90. The van der Waals surface area contributed by atoms with E-state index in [1.807, 2.05) is 0 Å². The van der Waals surface area contributed by atoms with E-state index in [1.165, 1.54) is 0 Å². The SMILES string of the molecule is C#CCCC(=O)OCC(CN=[N+]=[N-])(CN=[N+]=[N-])COC(=O)CCC(=O)OCCOCCOCCOC. The van der Waals surface area contributed by atoms with Crippen LogP contribution in [0.5, 0.6) is 0 Å². The van der Waals surface area contributed by atoms with Crippen molar-refractivity contribution < 1.29 is 42.8 Å². The van der Waals surface area contributed by atoms with Gasteiger partial charge in [0.05, 0.1) is 52.3 Å². The minimum absolute atomic E-state index is 0.0123. The Morgan fingerprint density at radius 1 is 0.778 bits per heavy atom. The third-order valence-electron chi connectivity index (χ3n) is 4.32. The van der Waals surface area contributed by atoms with Gasteiger partial charge in [0.2, 0.25) is 0 Å². The van der Waals surface area contributed by atoms with Crippen LogP contribution in [0.4, 0.5) is 0 Å². The van der Waals surface area contributed by atoms with Crippen molar-refractivity contribution in [2.45, 2.75) is 25.7 Å². The topological polar surface area (TPSA) is 204 Å². The van der Waals surface area contributed by atoms with E-state index >= 15 is 0 Å². The first-order valence-electron chi connectivity index (χ1n) is 11.0. The second kappa shape index (κ2) is 22.0. The van der Waals surface area contributed by atoms with E-state index in [2.05, 4.69) is 26.0 Å². The molecule has 36 heavy (non-hydrogen) atoms. The minimum Gasteiger partial charge on any atom is -0.465 e. The van der Waals surface area contributed by atoms with E-state index in [0.717, 1.165) is 0 Å². The monoisotopic (exact) mass is 512 g/mol. The first-order valence-corrected chi connectivity index (χ1v) is 11.0. The summed E-state index contributed by atoms with van der Waals surface area (Å²) in [5.41, 5.74) is 16.1. The molecule has 200 valence electrons. The molecule has 15 nitrogen and oxygen atoms in total. The maximum absolute atomic E-state index is 12.1. The van der Waals surface area contributed by atoms with Gasteiger partial charge in [0.15, 0.2) is 0 Å². The molecular weight excluding hydrogens is 480 g/mol. The Balaban J connectivity index is 4.51. The van der Waals surface area contributed by atoms with Crippen LogP contribution in [-0.2, 0) is 42.8 Å². The molecule has 0 aliphatic heterocycles. The van der Waals surface area contributed by atoms with Gasteiger partial charge in [-0.2, -0.15) is 0 Å². The minimum atomic E-state index is -1.29. The molecule has 15 heteroatoms. The molecule has 0 atom stereocenters. The smallest absolute Gasteiger partial charge is 0.306 e. The Morgan fingerprint density at radius 2 is 1.25 bits per heavy atom. The summed E-state index contributed by atoms with van der Waals surface area (Å²) >= 11 is 0. The Hall–Kier alpha value is -3.53. The molecule has 0 heterocycles. The summed E-state index contributed by atoms with van der Waals surface area (Å²) in [5, 5.41) is 6.89. The maximum Gasteiger partial charge on any atom is 0.306 e. The van der Waals surface area contributed by atoms with Crippen LogP contribution in [0.3, 0.4) is 0 Å².